The number of carbonyl (C=O) groups excluding carboxylic acids is 1. The Labute approximate surface area is 121 Å². The lowest BCUT2D eigenvalue weighted by Crippen LogP contribution is -2.27. The second-order valence-corrected chi connectivity index (χ2v) is 3.97. The number of nitrogens with zero attached hydrogens (tertiary/aromatic N) is 5. The van der Waals surface area contributed by atoms with Gasteiger partial charge in [-0.3, -0.25) is 19.0 Å². The van der Waals surface area contributed by atoms with E-state index in [4.69, 9.17) is 9.94 Å². The van der Waals surface area contributed by atoms with Crippen LogP contribution >= 0.6 is 0 Å². The van der Waals surface area contributed by atoms with Gasteiger partial charge in [0.15, 0.2) is 0 Å². The zero-order valence-corrected chi connectivity index (χ0v) is 12.2. The number of hydrogen-bond acceptors (Lipinski definition) is 5. The van der Waals surface area contributed by atoms with Crippen molar-refractivity contribution in [1.29, 1.82) is 0 Å². The molecular formula is C12H17N5O4. The molecule has 0 aliphatic rings. The van der Waals surface area contributed by atoms with Gasteiger partial charge in [-0.1, -0.05) is 0 Å². The second kappa shape index (κ2) is 7.20. The number of hydroxylamine groups is 2. The van der Waals surface area contributed by atoms with Gasteiger partial charge in [0.2, 0.25) is 0 Å². The summed E-state index contributed by atoms with van der Waals surface area (Å²) < 4.78 is 2.81. The molecule has 2 rings (SSSR count). The first-order valence-electron chi connectivity index (χ1n) is 5.90. The van der Waals surface area contributed by atoms with Gasteiger partial charge in [0.05, 0.1) is 7.11 Å². The number of aryl methyl sites for hydroxylation is 2. The van der Waals surface area contributed by atoms with Crippen LogP contribution in [0.4, 0.5) is 0 Å². The Morgan fingerprint density at radius 2 is 1.62 bits per heavy atom. The first-order chi connectivity index (χ1) is 9.88. The van der Waals surface area contributed by atoms with Crippen LogP contribution in [0.1, 0.15) is 21.0 Å². The molecule has 21 heavy (non-hydrogen) atoms. The Hall–Kier alpha value is -2.68. The fourth-order valence-corrected chi connectivity index (χ4v) is 1.41. The number of amides is 1. The largest absolute Gasteiger partial charge is 0.477 e. The Morgan fingerprint density at radius 1 is 1.14 bits per heavy atom. The predicted molar refractivity (Wildman–Crippen MR) is 72.5 cm³/mol. The van der Waals surface area contributed by atoms with Crippen molar-refractivity contribution >= 4 is 11.9 Å². The molecule has 9 nitrogen and oxygen atoms in total. The molecule has 2 aromatic heterocycles. The van der Waals surface area contributed by atoms with Crippen LogP contribution in [0.5, 0.6) is 0 Å². The highest BCUT2D eigenvalue weighted by atomic mass is 16.7. The molecule has 114 valence electrons. The third-order valence-corrected chi connectivity index (χ3v) is 2.64. The standard InChI is InChI=1S/C7H11N3O2.C5H6N2O2/c1-9-6(4-5-8-9)7(11)10(2)12-3;1-7-4(5(8)9)2-3-6-7/h4-5H,1-3H3;2-3H,1H3,(H,8,9). The summed E-state index contributed by atoms with van der Waals surface area (Å²) in [5.41, 5.74) is 0.703. The Morgan fingerprint density at radius 3 is 1.90 bits per heavy atom. The minimum absolute atomic E-state index is 0.204. The third kappa shape index (κ3) is 4.14. The zero-order chi connectivity index (χ0) is 16.0. The van der Waals surface area contributed by atoms with Gasteiger partial charge in [-0.2, -0.15) is 10.2 Å². The molecule has 0 unspecified atom stereocenters. The van der Waals surface area contributed by atoms with E-state index in [0.717, 1.165) is 5.06 Å². The minimum atomic E-state index is -0.949. The number of carboxylic acid groups (broad SMARTS) is 1. The number of aromatic nitrogens is 4. The maximum absolute atomic E-state index is 11.4. The number of carboxylic acids is 1. The zero-order valence-electron chi connectivity index (χ0n) is 12.2. The van der Waals surface area contributed by atoms with Crippen LogP contribution in [0.2, 0.25) is 0 Å². The highest BCUT2D eigenvalue weighted by Crippen LogP contribution is 2.00. The van der Waals surface area contributed by atoms with E-state index in [9.17, 15) is 9.59 Å². The van der Waals surface area contributed by atoms with E-state index in [-0.39, 0.29) is 11.6 Å². The van der Waals surface area contributed by atoms with E-state index in [2.05, 4.69) is 10.2 Å². The van der Waals surface area contributed by atoms with Crippen molar-refractivity contribution < 1.29 is 19.5 Å². The summed E-state index contributed by atoms with van der Waals surface area (Å²) in [6, 6.07) is 3.08. The molecule has 0 radical (unpaired) electrons. The molecule has 2 aromatic rings. The van der Waals surface area contributed by atoms with E-state index >= 15 is 0 Å². The lowest BCUT2D eigenvalue weighted by Gasteiger charge is -2.12. The summed E-state index contributed by atoms with van der Waals surface area (Å²) in [6.07, 6.45) is 3.01. The van der Waals surface area contributed by atoms with E-state index in [1.54, 1.807) is 33.4 Å². The summed E-state index contributed by atoms with van der Waals surface area (Å²) in [4.78, 5) is 26.4. The molecule has 0 spiro atoms. The topological polar surface area (TPSA) is 102 Å². The number of carbonyl (C=O) groups is 2. The monoisotopic (exact) mass is 295 g/mol. The lowest BCUT2D eigenvalue weighted by atomic mass is 10.4. The Kier molecular flexibility index (Phi) is 5.61. The fraction of sp³-hybridized carbons (Fsp3) is 0.333. The molecular weight excluding hydrogens is 278 g/mol. The molecule has 2 heterocycles. The molecule has 0 aromatic carbocycles. The minimum Gasteiger partial charge on any atom is -0.477 e. The van der Waals surface area contributed by atoms with Gasteiger partial charge < -0.3 is 5.11 Å². The molecule has 9 heteroatoms. The van der Waals surface area contributed by atoms with Crippen LogP contribution in [0.3, 0.4) is 0 Å². The molecule has 0 saturated carbocycles. The van der Waals surface area contributed by atoms with Crippen molar-refractivity contribution in [2.24, 2.45) is 14.1 Å². The summed E-state index contributed by atoms with van der Waals surface area (Å²) >= 11 is 0. The Bertz CT molecular complexity index is 619. The van der Waals surface area contributed by atoms with E-state index in [1.165, 1.54) is 28.7 Å². The highest BCUT2D eigenvalue weighted by Gasteiger charge is 2.14. The van der Waals surface area contributed by atoms with Crippen molar-refractivity contribution in [2.45, 2.75) is 0 Å². The molecule has 1 amide bonds. The summed E-state index contributed by atoms with van der Waals surface area (Å²) in [6.45, 7) is 0. The van der Waals surface area contributed by atoms with Crippen LogP contribution in [0.25, 0.3) is 0 Å². The predicted octanol–water partition coefficient (Wildman–Crippen LogP) is 0.172. The third-order valence-electron chi connectivity index (χ3n) is 2.64. The van der Waals surface area contributed by atoms with Gasteiger partial charge in [-0.25, -0.2) is 9.86 Å². The van der Waals surface area contributed by atoms with Gasteiger partial charge in [0, 0.05) is 33.5 Å². The smallest absolute Gasteiger partial charge is 0.354 e. The molecule has 1 N–H and O–H groups in total. The van der Waals surface area contributed by atoms with Gasteiger partial charge in [-0.15, -0.1) is 0 Å². The van der Waals surface area contributed by atoms with Gasteiger partial charge in [-0.05, 0) is 12.1 Å². The molecule has 0 aliphatic carbocycles. The van der Waals surface area contributed by atoms with Crippen LogP contribution in [0, 0.1) is 0 Å². The lowest BCUT2D eigenvalue weighted by molar-refractivity contribution is -0.0763. The number of rotatable bonds is 3. The van der Waals surface area contributed by atoms with E-state index < -0.39 is 5.97 Å². The second-order valence-electron chi connectivity index (χ2n) is 3.97. The number of aromatic carboxylic acids is 1. The average Bonchev–Trinajstić information content (AvgIpc) is 3.06. The van der Waals surface area contributed by atoms with Gasteiger partial charge >= 0.3 is 5.97 Å². The summed E-state index contributed by atoms with van der Waals surface area (Å²) in [7, 11) is 6.28. The van der Waals surface area contributed by atoms with Gasteiger partial charge in [0.1, 0.15) is 11.4 Å². The first kappa shape index (κ1) is 16.4. The van der Waals surface area contributed by atoms with Gasteiger partial charge in [0.25, 0.3) is 5.91 Å². The highest BCUT2D eigenvalue weighted by molar-refractivity contribution is 5.91. The van der Waals surface area contributed by atoms with Crippen molar-refractivity contribution in [3.8, 4) is 0 Å². The molecule has 0 aliphatic heterocycles. The van der Waals surface area contributed by atoms with Crippen LogP contribution < -0.4 is 0 Å². The maximum atomic E-state index is 11.4. The van der Waals surface area contributed by atoms with Crippen molar-refractivity contribution in [1.82, 2.24) is 24.6 Å². The van der Waals surface area contributed by atoms with Crippen LogP contribution in [-0.4, -0.2) is 55.8 Å². The van der Waals surface area contributed by atoms with Crippen LogP contribution in [0.15, 0.2) is 24.5 Å². The molecule has 0 bridgehead atoms. The van der Waals surface area contributed by atoms with Crippen molar-refractivity contribution in [3.63, 3.8) is 0 Å². The molecule has 0 atom stereocenters. The first-order valence-corrected chi connectivity index (χ1v) is 5.90. The molecule has 0 saturated heterocycles. The van der Waals surface area contributed by atoms with E-state index in [1.807, 2.05) is 0 Å². The van der Waals surface area contributed by atoms with Crippen LogP contribution in [-0.2, 0) is 18.9 Å². The maximum Gasteiger partial charge on any atom is 0.354 e. The quantitative estimate of drug-likeness (QED) is 0.810. The van der Waals surface area contributed by atoms with E-state index in [0.29, 0.717) is 5.69 Å². The van der Waals surface area contributed by atoms with Crippen molar-refractivity contribution in [2.75, 3.05) is 14.2 Å². The summed E-state index contributed by atoms with van der Waals surface area (Å²) in [5, 5.41) is 17.1. The summed E-state index contributed by atoms with van der Waals surface area (Å²) in [5.74, 6) is -1.16. The Balaban J connectivity index is 0.000000219. The number of hydrogen-bond donors (Lipinski definition) is 1. The fourth-order valence-electron chi connectivity index (χ4n) is 1.41. The normalized spacial score (nSPS) is 9.71. The SMILES string of the molecule is CON(C)C(=O)c1ccnn1C.Cn1nccc1C(=O)O. The molecule has 0 fully saturated rings. The average molecular weight is 295 g/mol. The van der Waals surface area contributed by atoms with Crippen molar-refractivity contribution in [3.05, 3.63) is 35.9 Å².